The molecule has 0 saturated carbocycles. The second-order valence-electron chi connectivity index (χ2n) is 4.18. The predicted octanol–water partition coefficient (Wildman–Crippen LogP) is 2.15. The van der Waals surface area contributed by atoms with Gasteiger partial charge in [0.05, 0.1) is 16.8 Å². The van der Waals surface area contributed by atoms with Gasteiger partial charge in [-0.05, 0) is 25.5 Å². The summed E-state index contributed by atoms with van der Waals surface area (Å²) in [4.78, 5) is 11.9. The largest absolute Gasteiger partial charge is 0.418 e. The van der Waals surface area contributed by atoms with Gasteiger partial charge in [-0.15, -0.1) is 0 Å². The molecule has 5 nitrogen and oxygen atoms in total. The highest BCUT2D eigenvalue weighted by Gasteiger charge is 2.35. The van der Waals surface area contributed by atoms with Crippen molar-refractivity contribution in [1.29, 1.82) is 0 Å². The quantitative estimate of drug-likeness (QED) is 0.410. The zero-order valence-electron chi connectivity index (χ0n) is 11.6. The van der Waals surface area contributed by atoms with Gasteiger partial charge in [0.25, 0.3) is 5.91 Å². The Labute approximate surface area is 120 Å². The smallest absolute Gasteiger partial charge is 0.382 e. The number of benzene rings is 1. The van der Waals surface area contributed by atoms with Crippen LogP contribution in [-0.2, 0) is 10.9 Å². The van der Waals surface area contributed by atoms with Gasteiger partial charge in [0.1, 0.15) is 0 Å². The lowest BCUT2D eigenvalue weighted by Gasteiger charge is -2.16. The van der Waals surface area contributed by atoms with Crippen LogP contribution >= 0.6 is 0 Å². The Bertz CT molecular complexity index is 478. The van der Waals surface area contributed by atoms with Gasteiger partial charge in [0.15, 0.2) is 0 Å². The molecule has 0 fully saturated rings. The Balaban J connectivity index is 2.80. The highest BCUT2D eigenvalue weighted by molar-refractivity contribution is 6.00. The van der Waals surface area contributed by atoms with Crippen molar-refractivity contribution in [2.24, 2.45) is 5.84 Å². The van der Waals surface area contributed by atoms with Gasteiger partial charge in [-0.2, -0.15) is 13.2 Å². The van der Waals surface area contributed by atoms with Crippen LogP contribution in [-0.4, -0.2) is 25.7 Å². The summed E-state index contributed by atoms with van der Waals surface area (Å²) in [6, 6.07) is 3.31. The number of nitrogens with one attached hydrogen (secondary N) is 2. The molecule has 0 aliphatic heterocycles. The Hall–Kier alpha value is -1.80. The molecule has 0 radical (unpaired) electrons. The van der Waals surface area contributed by atoms with Crippen LogP contribution in [0.5, 0.6) is 0 Å². The number of nitrogen functional groups attached to an aromatic ring is 1. The molecule has 1 amide bonds. The number of ether oxygens (including phenoxy) is 1. The van der Waals surface area contributed by atoms with E-state index in [0.717, 1.165) is 6.07 Å². The van der Waals surface area contributed by atoms with Crippen molar-refractivity contribution in [3.05, 3.63) is 29.3 Å². The standard InChI is InChI=1S/C13H18F3N3O2/c1-2-21-8-4-7-18-12(20)9-5-3-6-10(11(9)19-17)13(14,15)16/h3,5-6,19H,2,4,7-8,17H2,1H3,(H,18,20). The van der Waals surface area contributed by atoms with Crippen molar-refractivity contribution in [1.82, 2.24) is 5.32 Å². The summed E-state index contributed by atoms with van der Waals surface area (Å²) in [6.45, 7) is 3.20. The van der Waals surface area contributed by atoms with E-state index >= 15 is 0 Å². The van der Waals surface area contributed by atoms with Crippen molar-refractivity contribution in [2.45, 2.75) is 19.5 Å². The lowest BCUT2D eigenvalue weighted by Crippen LogP contribution is -2.28. The van der Waals surface area contributed by atoms with Crippen LogP contribution in [0.4, 0.5) is 18.9 Å². The molecule has 8 heteroatoms. The minimum absolute atomic E-state index is 0.149. The van der Waals surface area contributed by atoms with Gasteiger partial charge >= 0.3 is 6.18 Å². The van der Waals surface area contributed by atoms with Crippen molar-refractivity contribution in [3.63, 3.8) is 0 Å². The molecule has 0 aromatic heterocycles. The number of para-hydroxylation sites is 1. The second-order valence-corrected chi connectivity index (χ2v) is 4.18. The fourth-order valence-electron chi connectivity index (χ4n) is 1.75. The van der Waals surface area contributed by atoms with Gasteiger partial charge in [-0.1, -0.05) is 6.07 Å². The molecule has 1 rings (SSSR count). The maximum atomic E-state index is 12.8. The molecule has 0 atom stereocenters. The second kappa shape index (κ2) is 7.84. The number of anilines is 1. The molecule has 118 valence electrons. The SMILES string of the molecule is CCOCCCNC(=O)c1cccc(C(F)(F)F)c1NN. The monoisotopic (exact) mass is 305 g/mol. The highest BCUT2D eigenvalue weighted by Crippen LogP contribution is 2.36. The van der Waals surface area contributed by atoms with E-state index in [-0.39, 0.29) is 5.56 Å². The Morgan fingerprint density at radius 1 is 1.38 bits per heavy atom. The van der Waals surface area contributed by atoms with Crippen molar-refractivity contribution in [2.75, 3.05) is 25.2 Å². The zero-order valence-corrected chi connectivity index (χ0v) is 11.6. The number of hydrogen-bond donors (Lipinski definition) is 3. The summed E-state index contributed by atoms with van der Waals surface area (Å²) in [5, 5.41) is 2.53. The average molecular weight is 305 g/mol. The van der Waals surface area contributed by atoms with E-state index in [1.807, 2.05) is 12.3 Å². The van der Waals surface area contributed by atoms with Crippen LogP contribution in [0.1, 0.15) is 29.3 Å². The maximum absolute atomic E-state index is 12.8. The van der Waals surface area contributed by atoms with Crippen molar-refractivity contribution in [3.8, 4) is 0 Å². The molecule has 0 aliphatic rings. The maximum Gasteiger partial charge on any atom is 0.418 e. The third kappa shape index (κ3) is 4.91. The molecular formula is C13H18F3N3O2. The molecule has 1 aromatic carbocycles. The molecule has 21 heavy (non-hydrogen) atoms. The first-order valence-electron chi connectivity index (χ1n) is 6.44. The third-order valence-electron chi connectivity index (χ3n) is 2.71. The van der Waals surface area contributed by atoms with Gasteiger partial charge in [-0.3, -0.25) is 10.6 Å². The molecule has 0 unspecified atom stereocenters. The lowest BCUT2D eigenvalue weighted by molar-refractivity contribution is -0.137. The molecule has 0 spiro atoms. The van der Waals surface area contributed by atoms with E-state index in [1.54, 1.807) is 0 Å². The summed E-state index contributed by atoms with van der Waals surface area (Å²) in [7, 11) is 0. The summed E-state index contributed by atoms with van der Waals surface area (Å²) in [5.41, 5.74) is 0.390. The number of amides is 1. The lowest BCUT2D eigenvalue weighted by atomic mass is 10.1. The van der Waals surface area contributed by atoms with E-state index in [9.17, 15) is 18.0 Å². The number of hydrazine groups is 1. The number of alkyl halides is 3. The number of carbonyl (C=O) groups excluding carboxylic acids is 1. The molecule has 0 bridgehead atoms. The summed E-state index contributed by atoms with van der Waals surface area (Å²) in [6.07, 6.45) is -4.02. The number of rotatable bonds is 7. The van der Waals surface area contributed by atoms with Crippen LogP contribution in [0.2, 0.25) is 0 Å². The fraction of sp³-hybridized carbons (Fsp3) is 0.462. The van der Waals surface area contributed by atoms with E-state index < -0.39 is 23.3 Å². The highest BCUT2D eigenvalue weighted by atomic mass is 19.4. The van der Waals surface area contributed by atoms with Crippen LogP contribution in [0.25, 0.3) is 0 Å². The minimum atomic E-state index is -4.59. The Morgan fingerprint density at radius 2 is 2.10 bits per heavy atom. The molecule has 0 saturated heterocycles. The zero-order chi connectivity index (χ0) is 15.9. The normalized spacial score (nSPS) is 11.3. The third-order valence-corrected chi connectivity index (χ3v) is 2.71. The molecular weight excluding hydrogens is 287 g/mol. The van der Waals surface area contributed by atoms with Gasteiger partial charge in [-0.25, -0.2) is 0 Å². The van der Waals surface area contributed by atoms with Crippen molar-refractivity contribution >= 4 is 11.6 Å². The summed E-state index contributed by atoms with van der Waals surface area (Å²) >= 11 is 0. The number of nitrogens with two attached hydrogens (primary N) is 1. The van der Waals surface area contributed by atoms with E-state index in [4.69, 9.17) is 10.6 Å². The number of carbonyl (C=O) groups is 1. The first-order valence-corrected chi connectivity index (χ1v) is 6.44. The molecule has 0 aliphatic carbocycles. The van der Waals surface area contributed by atoms with Crippen LogP contribution in [0, 0.1) is 0 Å². The van der Waals surface area contributed by atoms with E-state index in [0.29, 0.717) is 26.2 Å². The Morgan fingerprint density at radius 3 is 2.67 bits per heavy atom. The topological polar surface area (TPSA) is 76.4 Å². The van der Waals surface area contributed by atoms with Gasteiger partial charge < -0.3 is 15.5 Å². The van der Waals surface area contributed by atoms with Gasteiger partial charge in [0.2, 0.25) is 0 Å². The first-order chi connectivity index (χ1) is 9.91. The van der Waals surface area contributed by atoms with Crippen LogP contribution < -0.4 is 16.6 Å². The van der Waals surface area contributed by atoms with Gasteiger partial charge in [0, 0.05) is 19.8 Å². The minimum Gasteiger partial charge on any atom is -0.382 e. The molecule has 4 N–H and O–H groups in total. The van der Waals surface area contributed by atoms with E-state index in [1.165, 1.54) is 12.1 Å². The average Bonchev–Trinajstić information content (AvgIpc) is 2.45. The van der Waals surface area contributed by atoms with Crippen LogP contribution in [0.15, 0.2) is 18.2 Å². The number of hydrogen-bond acceptors (Lipinski definition) is 4. The summed E-state index contributed by atoms with van der Waals surface area (Å²) < 4.78 is 43.6. The summed E-state index contributed by atoms with van der Waals surface area (Å²) in [5.74, 6) is 4.51. The van der Waals surface area contributed by atoms with E-state index in [2.05, 4.69) is 5.32 Å². The Kier molecular flexibility index (Phi) is 6.44. The van der Waals surface area contributed by atoms with Crippen molar-refractivity contribution < 1.29 is 22.7 Å². The fourth-order valence-corrected chi connectivity index (χ4v) is 1.75. The molecule has 0 heterocycles. The first kappa shape index (κ1) is 17.3. The predicted molar refractivity (Wildman–Crippen MR) is 72.7 cm³/mol. The van der Waals surface area contributed by atoms with Crippen LogP contribution in [0.3, 0.4) is 0 Å². The molecule has 1 aromatic rings. The number of halogens is 3.